The van der Waals surface area contributed by atoms with Crippen LogP contribution in [0.15, 0.2) is 97.1 Å². The summed E-state index contributed by atoms with van der Waals surface area (Å²) in [6, 6.07) is 27.7. The average Bonchev–Trinajstić information content (AvgIpc) is 3.04. The number of fused-ring (bicyclic) bond motifs is 1. The monoisotopic (exact) mass is 641 g/mol. The Morgan fingerprint density at radius 2 is 1.60 bits per heavy atom. The number of para-hydroxylation sites is 2. The highest BCUT2D eigenvalue weighted by Gasteiger charge is 2.20. The molecular formula is C34H29Cl2N5O4. The van der Waals surface area contributed by atoms with Crippen molar-refractivity contribution >= 4 is 69.0 Å². The number of hydrogen-bond donors (Lipinski definition) is 3. The molecule has 0 unspecified atom stereocenters. The van der Waals surface area contributed by atoms with Gasteiger partial charge in [0.25, 0.3) is 5.91 Å². The Kier molecular flexibility index (Phi) is 9.82. The highest BCUT2D eigenvalue weighted by Crippen LogP contribution is 2.35. The second-order valence-corrected chi connectivity index (χ2v) is 10.9. The van der Waals surface area contributed by atoms with Crippen LogP contribution in [0.2, 0.25) is 10.0 Å². The Morgan fingerprint density at radius 3 is 2.40 bits per heavy atom. The van der Waals surface area contributed by atoms with Crippen LogP contribution in [-0.4, -0.2) is 36.4 Å². The van der Waals surface area contributed by atoms with Crippen molar-refractivity contribution in [2.45, 2.75) is 13.5 Å². The molecule has 0 saturated carbocycles. The van der Waals surface area contributed by atoms with E-state index in [4.69, 9.17) is 27.9 Å². The third-order valence-corrected chi connectivity index (χ3v) is 7.69. The fraction of sp³-hybridized carbons (Fsp3) is 0.118. The number of aromatic nitrogens is 1. The fourth-order valence-electron chi connectivity index (χ4n) is 4.51. The van der Waals surface area contributed by atoms with Crippen molar-refractivity contribution < 1.29 is 19.1 Å². The Morgan fingerprint density at radius 1 is 0.844 bits per heavy atom. The Labute approximate surface area is 270 Å². The number of pyridine rings is 1. The van der Waals surface area contributed by atoms with Gasteiger partial charge in [0.05, 0.1) is 17.3 Å². The molecule has 0 spiro atoms. The van der Waals surface area contributed by atoms with E-state index < -0.39 is 11.9 Å². The SMILES string of the molecule is Cc1ccc2cccc(OCc3c(Cl)ccc(N(C)C(=O)CNC(=O)Nc4cccc(C(=O)Nc5ccccc5)c4)c3Cl)c2n1. The van der Waals surface area contributed by atoms with Gasteiger partial charge in [-0.2, -0.15) is 0 Å². The van der Waals surface area contributed by atoms with E-state index in [1.165, 1.54) is 4.90 Å². The van der Waals surface area contributed by atoms with E-state index in [9.17, 15) is 14.4 Å². The van der Waals surface area contributed by atoms with Gasteiger partial charge in [-0.15, -0.1) is 0 Å². The number of rotatable bonds is 9. The number of amides is 4. The first-order valence-electron chi connectivity index (χ1n) is 13.9. The van der Waals surface area contributed by atoms with Crippen molar-refractivity contribution in [3.63, 3.8) is 0 Å². The third-order valence-electron chi connectivity index (χ3n) is 6.91. The largest absolute Gasteiger partial charge is 0.487 e. The maximum Gasteiger partial charge on any atom is 0.319 e. The summed E-state index contributed by atoms with van der Waals surface area (Å²) in [5.74, 6) is -0.169. The van der Waals surface area contributed by atoms with Gasteiger partial charge >= 0.3 is 6.03 Å². The van der Waals surface area contributed by atoms with E-state index in [0.717, 1.165) is 16.6 Å². The van der Waals surface area contributed by atoms with Crippen LogP contribution in [0.25, 0.3) is 10.9 Å². The van der Waals surface area contributed by atoms with Gasteiger partial charge in [-0.05, 0) is 61.5 Å². The second-order valence-electron chi connectivity index (χ2n) is 10.1. The molecule has 45 heavy (non-hydrogen) atoms. The average molecular weight is 643 g/mol. The minimum atomic E-state index is -0.618. The number of hydrogen-bond acceptors (Lipinski definition) is 5. The Balaban J connectivity index is 1.19. The number of urea groups is 1. The Hall–Kier alpha value is -5.12. The van der Waals surface area contributed by atoms with E-state index in [1.54, 1.807) is 55.6 Å². The fourth-order valence-corrected chi connectivity index (χ4v) is 5.11. The van der Waals surface area contributed by atoms with Crippen LogP contribution in [0.1, 0.15) is 21.6 Å². The minimum absolute atomic E-state index is 0.0470. The predicted molar refractivity (Wildman–Crippen MR) is 179 cm³/mol. The lowest BCUT2D eigenvalue weighted by atomic mass is 10.1. The number of aryl methyl sites for hydroxylation is 1. The van der Waals surface area contributed by atoms with Crippen molar-refractivity contribution in [3.05, 3.63) is 124 Å². The lowest BCUT2D eigenvalue weighted by molar-refractivity contribution is -0.117. The number of benzene rings is 4. The third kappa shape index (κ3) is 7.70. The zero-order chi connectivity index (χ0) is 31.9. The zero-order valence-electron chi connectivity index (χ0n) is 24.4. The van der Waals surface area contributed by atoms with Crippen LogP contribution in [0.4, 0.5) is 21.9 Å². The first-order chi connectivity index (χ1) is 21.7. The molecule has 228 valence electrons. The molecule has 0 fully saturated rings. The van der Waals surface area contributed by atoms with E-state index in [1.807, 2.05) is 55.5 Å². The van der Waals surface area contributed by atoms with Crippen LogP contribution in [-0.2, 0) is 11.4 Å². The molecule has 4 amide bonds. The lowest BCUT2D eigenvalue weighted by Crippen LogP contribution is -2.40. The van der Waals surface area contributed by atoms with Crippen molar-refractivity contribution in [2.75, 3.05) is 29.1 Å². The van der Waals surface area contributed by atoms with Crippen molar-refractivity contribution in [1.29, 1.82) is 0 Å². The smallest absolute Gasteiger partial charge is 0.319 e. The van der Waals surface area contributed by atoms with Gasteiger partial charge in [0.2, 0.25) is 5.91 Å². The predicted octanol–water partition coefficient (Wildman–Crippen LogP) is 7.47. The molecule has 0 aliphatic carbocycles. The highest BCUT2D eigenvalue weighted by atomic mass is 35.5. The molecule has 4 aromatic carbocycles. The normalized spacial score (nSPS) is 10.7. The number of nitrogens with one attached hydrogen (secondary N) is 3. The van der Waals surface area contributed by atoms with Gasteiger partial charge in [-0.3, -0.25) is 9.59 Å². The molecule has 0 atom stereocenters. The molecule has 11 heteroatoms. The van der Waals surface area contributed by atoms with Gasteiger partial charge in [0.1, 0.15) is 17.9 Å². The molecule has 9 nitrogen and oxygen atoms in total. The van der Waals surface area contributed by atoms with Crippen molar-refractivity contribution in [1.82, 2.24) is 10.3 Å². The highest BCUT2D eigenvalue weighted by molar-refractivity contribution is 6.38. The molecule has 5 rings (SSSR count). The van der Waals surface area contributed by atoms with E-state index in [0.29, 0.717) is 39.0 Å². The van der Waals surface area contributed by atoms with Crippen LogP contribution in [0, 0.1) is 6.92 Å². The van der Waals surface area contributed by atoms with Crippen LogP contribution in [0.3, 0.4) is 0 Å². The van der Waals surface area contributed by atoms with Crippen LogP contribution < -0.4 is 25.6 Å². The molecule has 0 saturated heterocycles. The van der Waals surface area contributed by atoms with Gasteiger partial charge in [0, 0.05) is 45.7 Å². The number of anilines is 3. The van der Waals surface area contributed by atoms with Gasteiger partial charge in [0.15, 0.2) is 0 Å². The Bertz CT molecular complexity index is 1880. The van der Waals surface area contributed by atoms with Crippen molar-refractivity contribution in [2.24, 2.45) is 0 Å². The molecular weight excluding hydrogens is 613 g/mol. The number of nitrogens with zero attached hydrogens (tertiary/aromatic N) is 2. The quantitative estimate of drug-likeness (QED) is 0.155. The van der Waals surface area contributed by atoms with Gasteiger partial charge < -0.3 is 25.6 Å². The summed E-state index contributed by atoms with van der Waals surface area (Å²) in [6.45, 7) is 1.64. The molecule has 1 heterocycles. The van der Waals surface area contributed by atoms with Crippen LogP contribution in [0.5, 0.6) is 5.75 Å². The summed E-state index contributed by atoms with van der Waals surface area (Å²) < 4.78 is 6.08. The first kappa shape index (κ1) is 31.3. The maximum atomic E-state index is 13.0. The number of carbonyl (C=O) groups is 3. The molecule has 0 aliphatic heterocycles. The second kappa shape index (κ2) is 14.1. The molecule has 1 aromatic heterocycles. The number of ether oxygens (including phenoxy) is 1. The summed E-state index contributed by atoms with van der Waals surface area (Å²) in [6.07, 6.45) is 0. The molecule has 3 N–H and O–H groups in total. The van der Waals surface area contributed by atoms with Crippen molar-refractivity contribution in [3.8, 4) is 5.75 Å². The summed E-state index contributed by atoms with van der Waals surface area (Å²) in [4.78, 5) is 44.1. The standard InChI is InChI=1S/C34H29Cl2N5O4/c1-21-14-15-22-8-7-13-29(32(22)38-21)45-20-26-27(35)16-17-28(31(26)36)41(2)30(42)19-37-34(44)40-25-12-6-9-23(18-25)33(43)39-24-10-4-3-5-11-24/h3-18H,19-20H2,1-2H3,(H,39,43)(H2,37,40,44). The number of halogens is 2. The van der Waals surface area contributed by atoms with E-state index >= 15 is 0 Å². The topological polar surface area (TPSA) is 113 Å². The van der Waals surface area contributed by atoms with Crippen LogP contribution >= 0.6 is 23.2 Å². The zero-order valence-corrected chi connectivity index (χ0v) is 25.9. The number of carbonyl (C=O) groups excluding carboxylic acids is 3. The summed E-state index contributed by atoms with van der Waals surface area (Å²) in [5, 5.41) is 9.55. The first-order valence-corrected chi connectivity index (χ1v) is 14.7. The van der Waals surface area contributed by atoms with Gasteiger partial charge in [-0.25, -0.2) is 9.78 Å². The molecule has 0 radical (unpaired) electrons. The van der Waals surface area contributed by atoms with Gasteiger partial charge in [-0.1, -0.05) is 65.7 Å². The summed E-state index contributed by atoms with van der Waals surface area (Å²) >= 11 is 13.2. The molecule has 0 aliphatic rings. The van der Waals surface area contributed by atoms with E-state index in [-0.39, 0.29) is 24.1 Å². The summed E-state index contributed by atoms with van der Waals surface area (Å²) in [5.41, 5.74) is 3.88. The minimum Gasteiger partial charge on any atom is -0.487 e. The number of likely N-dealkylation sites (N-methyl/N-ethyl adjacent to an activating group) is 1. The summed E-state index contributed by atoms with van der Waals surface area (Å²) in [7, 11) is 1.55. The molecule has 0 bridgehead atoms. The lowest BCUT2D eigenvalue weighted by Gasteiger charge is -2.21. The molecule has 5 aromatic rings. The maximum absolute atomic E-state index is 13.0. The van der Waals surface area contributed by atoms with E-state index in [2.05, 4.69) is 20.9 Å².